The first-order valence-electron chi connectivity index (χ1n) is 7.65. The minimum Gasteiger partial charge on any atom is -0.508 e. The summed E-state index contributed by atoms with van der Waals surface area (Å²) < 4.78 is 0. The van der Waals surface area contributed by atoms with Gasteiger partial charge in [0, 0.05) is 10.6 Å². The first kappa shape index (κ1) is 17.8. The number of rotatable bonds is 2. The molecule has 2 aliphatic heterocycles. The molecule has 1 saturated heterocycles. The summed E-state index contributed by atoms with van der Waals surface area (Å²) in [6, 6.07) is 9.23. The summed E-state index contributed by atoms with van der Waals surface area (Å²) in [5.74, 6) is -0.342. The quantitative estimate of drug-likeness (QED) is 0.726. The zero-order valence-corrected chi connectivity index (χ0v) is 15.8. The third kappa shape index (κ3) is 3.27. The number of carbonyl (C=O) groups is 2. The molecule has 0 saturated carbocycles. The van der Waals surface area contributed by atoms with Gasteiger partial charge >= 0.3 is 0 Å². The summed E-state index contributed by atoms with van der Waals surface area (Å²) in [4.78, 5) is 25.8. The number of amides is 2. The topological polar surface area (TPSA) is 94.4 Å². The molecule has 0 unspecified atom stereocenters. The average Bonchev–Trinajstić information content (AvgIpc) is 3.14. The minimum absolute atomic E-state index is 0.0625. The number of nitrogens with zero attached hydrogens (tertiary/aromatic N) is 3. The van der Waals surface area contributed by atoms with Gasteiger partial charge in [-0.1, -0.05) is 35.0 Å². The van der Waals surface area contributed by atoms with Crippen LogP contribution >= 0.6 is 35.0 Å². The highest BCUT2D eigenvalue weighted by Crippen LogP contribution is 2.35. The Morgan fingerprint density at radius 1 is 1.11 bits per heavy atom. The maximum atomic E-state index is 12.2. The second-order valence-electron chi connectivity index (χ2n) is 5.63. The van der Waals surface area contributed by atoms with E-state index in [-0.39, 0.29) is 23.1 Å². The first-order valence-corrected chi connectivity index (χ1v) is 9.39. The fourth-order valence-corrected chi connectivity index (χ4v) is 4.02. The smallest absolute Gasteiger partial charge is 0.276 e. The fourth-order valence-electron chi connectivity index (χ4n) is 2.67. The molecule has 2 heterocycles. The van der Waals surface area contributed by atoms with E-state index in [0.717, 1.165) is 0 Å². The molecule has 1 fully saturated rings. The highest BCUT2D eigenvalue weighted by molar-refractivity contribution is 8.15. The van der Waals surface area contributed by atoms with Crippen molar-refractivity contribution in [2.75, 3.05) is 16.0 Å². The number of halogens is 2. The van der Waals surface area contributed by atoms with Crippen molar-refractivity contribution < 1.29 is 14.7 Å². The largest absolute Gasteiger partial charge is 0.508 e. The lowest BCUT2D eigenvalue weighted by Crippen LogP contribution is -2.29. The van der Waals surface area contributed by atoms with Crippen LogP contribution in [0, 0.1) is 0 Å². The van der Waals surface area contributed by atoms with E-state index >= 15 is 0 Å². The summed E-state index contributed by atoms with van der Waals surface area (Å²) in [7, 11) is 0. The Morgan fingerprint density at radius 2 is 1.85 bits per heavy atom. The van der Waals surface area contributed by atoms with Crippen LogP contribution in [0.25, 0.3) is 0 Å². The lowest BCUT2D eigenvalue weighted by molar-refractivity contribution is -0.115. The summed E-state index contributed by atoms with van der Waals surface area (Å²) in [5, 5.41) is 21.2. The molecule has 10 heteroatoms. The van der Waals surface area contributed by atoms with Crippen molar-refractivity contribution in [2.45, 2.75) is 0 Å². The molecule has 136 valence electrons. The van der Waals surface area contributed by atoms with Crippen molar-refractivity contribution in [2.24, 2.45) is 10.2 Å². The number of carbonyl (C=O) groups excluding carboxylic acids is 2. The van der Waals surface area contributed by atoms with E-state index in [1.807, 2.05) is 0 Å². The molecular weight excluding hydrogens is 411 g/mol. The Morgan fingerprint density at radius 3 is 2.59 bits per heavy atom. The number of anilines is 2. The molecule has 27 heavy (non-hydrogen) atoms. The summed E-state index contributed by atoms with van der Waals surface area (Å²) in [6.07, 6.45) is 0. The number of thioether (sulfide) groups is 1. The molecule has 0 spiro atoms. The standard InChI is InChI=1S/C17H10Cl2N4O3S/c18-8-5-11-14(12(19)6-8)20-16(26)15(11)21-22-17-23(13(25)7-27-17)9-1-3-10(24)4-2-9/h1-6,24H,7H2,(H,20,21,26)/b22-17+. The Kier molecular flexibility index (Phi) is 4.55. The summed E-state index contributed by atoms with van der Waals surface area (Å²) in [6.45, 7) is 0. The van der Waals surface area contributed by atoms with Crippen LogP contribution in [0.1, 0.15) is 5.56 Å². The average molecular weight is 421 g/mol. The molecule has 0 atom stereocenters. The van der Waals surface area contributed by atoms with Gasteiger partial charge in [0.15, 0.2) is 10.9 Å². The number of benzene rings is 2. The predicted octanol–water partition coefficient (Wildman–Crippen LogP) is 3.49. The van der Waals surface area contributed by atoms with E-state index < -0.39 is 5.91 Å². The second-order valence-corrected chi connectivity index (χ2v) is 7.42. The zero-order chi connectivity index (χ0) is 19.1. The van der Waals surface area contributed by atoms with Crippen LogP contribution in [0.3, 0.4) is 0 Å². The van der Waals surface area contributed by atoms with Crippen LogP contribution in [0.5, 0.6) is 5.75 Å². The number of hydrogen-bond donors (Lipinski definition) is 2. The van der Waals surface area contributed by atoms with E-state index in [0.29, 0.717) is 32.2 Å². The Balaban J connectivity index is 1.73. The molecule has 7 nitrogen and oxygen atoms in total. The molecule has 2 N–H and O–H groups in total. The highest BCUT2D eigenvalue weighted by atomic mass is 35.5. The van der Waals surface area contributed by atoms with E-state index in [1.165, 1.54) is 34.9 Å². The van der Waals surface area contributed by atoms with Gasteiger partial charge in [0.05, 0.1) is 22.2 Å². The van der Waals surface area contributed by atoms with Crippen LogP contribution in [0.4, 0.5) is 11.4 Å². The van der Waals surface area contributed by atoms with Crippen LogP contribution < -0.4 is 10.2 Å². The normalized spacial score (nSPS) is 19.1. The molecule has 0 radical (unpaired) electrons. The minimum atomic E-state index is -0.455. The third-order valence-corrected chi connectivity index (χ3v) is 5.30. The zero-order valence-electron chi connectivity index (χ0n) is 13.4. The molecule has 2 aromatic rings. The lowest BCUT2D eigenvalue weighted by atomic mass is 10.1. The first-order chi connectivity index (χ1) is 12.9. The number of fused-ring (bicyclic) bond motifs is 1. The van der Waals surface area contributed by atoms with Crippen molar-refractivity contribution in [3.05, 3.63) is 52.0 Å². The van der Waals surface area contributed by atoms with Crippen LogP contribution in [-0.4, -0.2) is 33.6 Å². The van der Waals surface area contributed by atoms with Gasteiger partial charge in [-0.25, -0.2) is 0 Å². The fraction of sp³-hybridized carbons (Fsp3) is 0.0588. The predicted molar refractivity (Wildman–Crippen MR) is 107 cm³/mol. The van der Waals surface area contributed by atoms with Crippen molar-refractivity contribution in [1.29, 1.82) is 0 Å². The number of phenols is 1. The van der Waals surface area contributed by atoms with Gasteiger partial charge in [0.25, 0.3) is 5.91 Å². The second kappa shape index (κ2) is 6.88. The van der Waals surface area contributed by atoms with E-state index in [2.05, 4.69) is 15.5 Å². The van der Waals surface area contributed by atoms with E-state index in [4.69, 9.17) is 23.2 Å². The highest BCUT2D eigenvalue weighted by Gasteiger charge is 2.32. The maximum Gasteiger partial charge on any atom is 0.276 e. The maximum absolute atomic E-state index is 12.2. The number of amidine groups is 1. The van der Waals surface area contributed by atoms with Crippen LogP contribution in [-0.2, 0) is 9.59 Å². The third-order valence-electron chi connectivity index (χ3n) is 3.87. The van der Waals surface area contributed by atoms with E-state index in [1.54, 1.807) is 18.2 Å². The molecule has 0 bridgehead atoms. The van der Waals surface area contributed by atoms with Crippen LogP contribution in [0.15, 0.2) is 46.6 Å². The summed E-state index contributed by atoms with van der Waals surface area (Å²) >= 11 is 13.3. The molecule has 0 aromatic heterocycles. The SMILES string of the molecule is O=C1Nc2c(Cl)cc(Cl)cc2/C1=N/N=C1/SCC(=O)N1c1ccc(O)cc1. The molecule has 2 aliphatic rings. The van der Waals surface area contributed by atoms with Crippen molar-refractivity contribution in [3.8, 4) is 5.75 Å². The Bertz CT molecular complexity index is 1040. The van der Waals surface area contributed by atoms with Crippen molar-refractivity contribution in [3.63, 3.8) is 0 Å². The monoisotopic (exact) mass is 420 g/mol. The molecule has 0 aliphatic carbocycles. The Labute approximate surface area is 167 Å². The number of nitrogens with one attached hydrogen (secondary N) is 1. The van der Waals surface area contributed by atoms with Crippen molar-refractivity contribution in [1.82, 2.24) is 0 Å². The Hall–Kier alpha value is -2.55. The van der Waals surface area contributed by atoms with Gasteiger partial charge in [-0.3, -0.25) is 14.5 Å². The molecule has 4 rings (SSSR count). The van der Waals surface area contributed by atoms with E-state index in [9.17, 15) is 14.7 Å². The number of phenolic OH excluding ortho intramolecular Hbond substituents is 1. The van der Waals surface area contributed by atoms with Gasteiger partial charge in [-0.2, -0.15) is 0 Å². The van der Waals surface area contributed by atoms with Crippen molar-refractivity contribution >= 4 is 69.0 Å². The van der Waals surface area contributed by atoms with Gasteiger partial charge < -0.3 is 10.4 Å². The number of hydrogen-bond acceptors (Lipinski definition) is 6. The van der Waals surface area contributed by atoms with Gasteiger partial charge in [-0.05, 0) is 36.4 Å². The van der Waals surface area contributed by atoms with Crippen LogP contribution in [0.2, 0.25) is 10.0 Å². The van der Waals surface area contributed by atoms with Gasteiger partial charge in [-0.15, -0.1) is 10.2 Å². The molecule has 2 amide bonds. The van der Waals surface area contributed by atoms with Gasteiger partial charge in [0.1, 0.15) is 5.75 Å². The van der Waals surface area contributed by atoms with Gasteiger partial charge in [0.2, 0.25) is 5.91 Å². The summed E-state index contributed by atoms with van der Waals surface area (Å²) in [5.41, 5.74) is 1.49. The molecule has 2 aromatic carbocycles. The lowest BCUT2D eigenvalue weighted by Gasteiger charge is -2.15. The molecular formula is C17H10Cl2N4O3S. The number of aromatic hydroxyl groups is 1.